The first-order chi connectivity index (χ1) is 12.5. The number of amides is 1. The first-order valence-corrected chi connectivity index (χ1v) is 9.34. The zero-order chi connectivity index (χ0) is 18.3. The number of aromatic nitrogens is 3. The molecule has 0 radical (unpaired) electrons. The van der Waals surface area contributed by atoms with Gasteiger partial charge in [-0.1, -0.05) is 6.92 Å². The van der Waals surface area contributed by atoms with Gasteiger partial charge >= 0.3 is 5.91 Å². The summed E-state index contributed by atoms with van der Waals surface area (Å²) in [5, 5.41) is 0. The van der Waals surface area contributed by atoms with E-state index in [-0.39, 0.29) is 11.8 Å². The van der Waals surface area contributed by atoms with Crippen molar-refractivity contribution in [3.63, 3.8) is 0 Å². The maximum Gasteiger partial charge on any atom is 0.309 e. The molecular formula is C19H25N5O2. The van der Waals surface area contributed by atoms with Gasteiger partial charge in [0, 0.05) is 37.4 Å². The summed E-state index contributed by atoms with van der Waals surface area (Å²) in [7, 11) is 0. The standard InChI is InChI=1S/C19H25N5O2/c1-12-5-4-7-23(10-12)18(25)17-22-15-11-24(8-6-16(15)26-17)19-20-13(2)9-14(3)21-19/h9,12H,4-8,10-11H2,1-3H3/t12-/m1/s1. The summed E-state index contributed by atoms with van der Waals surface area (Å²) < 4.78 is 5.82. The Balaban J connectivity index is 1.52. The van der Waals surface area contributed by atoms with E-state index in [2.05, 4.69) is 26.8 Å². The lowest BCUT2D eigenvalue weighted by Gasteiger charge is -2.29. The second-order valence-electron chi connectivity index (χ2n) is 7.51. The highest BCUT2D eigenvalue weighted by atomic mass is 16.4. The molecule has 26 heavy (non-hydrogen) atoms. The van der Waals surface area contributed by atoms with Crippen LogP contribution in [0.15, 0.2) is 10.5 Å². The van der Waals surface area contributed by atoms with E-state index in [0.29, 0.717) is 24.8 Å². The minimum Gasteiger partial charge on any atom is -0.437 e. The summed E-state index contributed by atoms with van der Waals surface area (Å²) in [4.78, 5) is 30.3. The summed E-state index contributed by atoms with van der Waals surface area (Å²) in [6.45, 7) is 9.04. The quantitative estimate of drug-likeness (QED) is 0.824. The van der Waals surface area contributed by atoms with E-state index in [1.807, 2.05) is 24.8 Å². The summed E-state index contributed by atoms with van der Waals surface area (Å²) in [5.74, 6) is 2.22. The fourth-order valence-corrected chi connectivity index (χ4v) is 3.82. The third-order valence-electron chi connectivity index (χ3n) is 5.11. The summed E-state index contributed by atoms with van der Waals surface area (Å²) in [5.41, 5.74) is 2.73. The van der Waals surface area contributed by atoms with Crippen LogP contribution in [0.2, 0.25) is 0 Å². The Kier molecular flexibility index (Phi) is 4.38. The van der Waals surface area contributed by atoms with Gasteiger partial charge in [-0.05, 0) is 38.7 Å². The fourth-order valence-electron chi connectivity index (χ4n) is 3.82. The summed E-state index contributed by atoms with van der Waals surface area (Å²) >= 11 is 0. The number of aryl methyl sites for hydroxylation is 2. The third kappa shape index (κ3) is 3.30. The molecule has 138 valence electrons. The van der Waals surface area contributed by atoms with Crippen molar-refractivity contribution in [2.75, 3.05) is 24.5 Å². The van der Waals surface area contributed by atoms with Crippen LogP contribution in [0.1, 0.15) is 53.3 Å². The summed E-state index contributed by atoms with van der Waals surface area (Å²) in [6, 6.07) is 1.96. The van der Waals surface area contributed by atoms with Crippen LogP contribution in [0.3, 0.4) is 0 Å². The zero-order valence-corrected chi connectivity index (χ0v) is 15.7. The predicted octanol–water partition coefficient (Wildman–Crippen LogP) is 2.52. The van der Waals surface area contributed by atoms with Crippen molar-refractivity contribution < 1.29 is 9.21 Å². The second-order valence-corrected chi connectivity index (χ2v) is 7.51. The molecule has 7 nitrogen and oxygen atoms in total. The molecule has 0 saturated carbocycles. The first kappa shape index (κ1) is 17.0. The van der Waals surface area contributed by atoms with Gasteiger partial charge in [-0.2, -0.15) is 0 Å². The number of nitrogens with zero attached hydrogens (tertiary/aromatic N) is 5. The molecule has 2 aliphatic rings. The van der Waals surface area contributed by atoms with Gasteiger partial charge in [-0.25, -0.2) is 15.0 Å². The van der Waals surface area contributed by atoms with E-state index >= 15 is 0 Å². The minimum atomic E-state index is -0.0832. The van der Waals surface area contributed by atoms with Crippen LogP contribution in [-0.4, -0.2) is 45.4 Å². The summed E-state index contributed by atoms with van der Waals surface area (Å²) in [6.07, 6.45) is 2.93. The highest BCUT2D eigenvalue weighted by molar-refractivity contribution is 5.89. The van der Waals surface area contributed by atoms with Crippen molar-refractivity contribution in [1.29, 1.82) is 0 Å². The van der Waals surface area contributed by atoms with Crippen LogP contribution in [0.4, 0.5) is 5.95 Å². The van der Waals surface area contributed by atoms with Crippen molar-refractivity contribution in [2.24, 2.45) is 5.92 Å². The van der Waals surface area contributed by atoms with Crippen molar-refractivity contribution >= 4 is 11.9 Å². The van der Waals surface area contributed by atoms with Crippen LogP contribution < -0.4 is 4.90 Å². The van der Waals surface area contributed by atoms with Crippen molar-refractivity contribution in [1.82, 2.24) is 19.9 Å². The molecule has 0 aromatic carbocycles. The largest absolute Gasteiger partial charge is 0.437 e. The molecule has 0 N–H and O–H groups in total. The molecule has 1 fully saturated rings. The molecule has 7 heteroatoms. The van der Waals surface area contributed by atoms with E-state index < -0.39 is 0 Å². The lowest BCUT2D eigenvalue weighted by atomic mass is 10.0. The highest BCUT2D eigenvalue weighted by Crippen LogP contribution is 2.25. The smallest absolute Gasteiger partial charge is 0.309 e. The van der Waals surface area contributed by atoms with Crippen molar-refractivity contribution in [3.8, 4) is 0 Å². The van der Waals surface area contributed by atoms with Crippen molar-refractivity contribution in [2.45, 2.75) is 46.6 Å². The number of fused-ring (bicyclic) bond motifs is 1. The number of likely N-dealkylation sites (tertiary alicyclic amines) is 1. The molecule has 0 unspecified atom stereocenters. The lowest BCUT2D eigenvalue weighted by Crippen LogP contribution is -2.39. The minimum absolute atomic E-state index is 0.0832. The first-order valence-electron chi connectivity index (χ1n) is 9.34. The van der Waals surface area contributed by atoms with Gasteiger partial charge in [0.15, 0.2) is 0 Å². The number of anilines is 1. The van der Waals surface area contributed by atoms with Crippen LogP contribution in [0.25, 0.3) is 0 Å². The number of oxazole rings is 1. The number of carbonyl (C=O) groups is 1. The van der Waals surface area contributed by atoms with E-state index in [0.717, 1.165) is 48.9 Å². The van der Waals surface area contributed by atoms with E-state index in [1.54, 1.807) is 0 Å². The van der Waals surface area contributed by atoms with Gasteiger partial charge in [-0.3, -0.25) is 4.79 Å². The number of rotatable bonds is 2. The topological polar surface area (TPSA) is 75.4 Å². The molecule has 1 saturated heterocycles. The molecule has 2 aromatic rings. The van der Waals surface area contributed by atoms with Crippen LogP contribution >= 0.6 is 0 Å². The Hall–Kier alpha value is -2.44. The number of piperidine rings is 1. The molecule has 0 bridgehead atoms. The Morgan fingerprint density at radius 1 is 1.19 bits per heavy atom. The third-order valence-corrected chi connectivity index (χ3v) is 5.11. The molecule has 2 aromatic heterocycles. The van der Waals surface area contributed by atoms with Gasteiger partial charge in [0.2, 0.25) is 5.95 Å². The van der Waals surface area contributed by atoms with Gasteiger partial charge in [0.05, 0.1) is 6.54 Å². The highest BCUT2D eigenvalue weighted by Gasteiger charge is 2.30. The molecule has 0 spiro atoms. The molecule has 1 atom stereocenters. The van der Waals surface area contributed by atoms with Gasteiger partial charge in [0.25, 0.3) is 5.89 Å². The molecule has 4 rings (SSSR count). The van der Waals surface area contributed by atoms with E-state index in [9.17, 15) is 4.79 Å². The average molecular weight is 355 g/mol. The fraction of sp³-hybridized carbons (Fsp3) is 0.579. The lowest BCUT2D eigenvalue weighted by molar-refractivity contribution is 0.0641. The Bertz CT molecular complexity index is 811. The average Bonchev–Trinajstić information content (AvgIpc) is 3.03. The number of hydrogen-bond acceptors (Lipinski definition) is 6. The normalized spacial score (nSPS) is 20.2. The molecule has 4 heterocycles. The van der Waals surface area contributed by atoms with Crippen LogP contribution in [-0.2, 0) is 13.0 Å². The Labute approximate surface area is 153 Å². The number of hydrogen-bond donors (Lipinski definition) is 0. The van der Waals surface area contributed by atoms with Gasteiger partial charge in [0.1, 0.15) is 11.5 Å². The predicted molar refractivity (Wildman–Crippen MR) is 97.1 cm³/mol. The van der Waals surface area contributed by atoms with Crippen LogP contribution in [0.5, 0.6) is 0 Å². The zero-order valence-electron chi connectivity index (χ0n) is 15.7. The molecule has 1 amide bonds. The Morgan fingerprint density at radius 2 is 1.96 bits per heavy atom. The number of carbonyl (C=O) groups excluding carboxylic acids is 1. The van der Waals surface area contributed by atoms with Gasteiger partial charge in [-0.15, -0.1) is 0 Å². The van der Waals surface area contributed by atoms with Gasteiger partial charge < -0.3 is 14.2 Å². The maximum absolute atomic E-state index is 12.7. The van der Waals surface area contributed by atoms with E-state index in [4.69, 9.17) is 4.42 Å². The monoisotopic (exact) mass is 355 g/mol. The SMILES string of the molecule is Cc1cc(C)nc(N2CCc3oc(C(=O)N4CCC[C@@H](C)C4)nc3C2)n1. The van der Waals surface area contributed by atoms with Crippen molar-refractivity contribution in [3.05, 3.63) is 34.8 Å². The Morgan fingerprint density at radius 3 is 2.69 bits per heavy atom. The molecular weight excluding hydrogens is 330 g/mol. The van der Waals surface area contributed by atoms with E-state index in [1.165, 1.54) is 6.42 Å². The molecule has 2 aliphatic heterocycles. The molecule has 0 aliphatic carbocycles. The van der Waals surface area contributed by atoms with Crippen LogP contribution in [0, 0.1) is 19.8 Å². The maximum atomic E-state index is 12.7. The second kappa shape index (κ2) is 6.70.